The zero-order valence-electron chi connectivity index (χ0n) is 16.6. The van der Waals surface area contributed by atoms with Crippen LogP contribution in [0.25, 0.3) is 0 Å². The van der Waals surface area contributed by atoms with E-state index in [-0.39, 0.29) is 0 Å². The molecular weight excluding hydrogens is 320 g/mol. The van der Waals surface area contributed by atoms with E-state index in [4.69, 9.17) is 4.74 Å². The molecule has 144 valence electrons. The molecule has 1 saturated heterocycles. The molecule has 1 aromatic carbocycles. The van der Waals surface area contributed by atoms with E-state index in [9.17, 15) is 0 Å². The molecule has 0 radical (unpaired) electrons. The fourth-order valence-electron chi connectivity index (χ4n) is 5.59. The number of benzene rings is 1. The van der Waals surface area contributed by atoms with E-state index in [0.29, 0.717) is 18.2 Å². The van der Waals surface area contributed by atoms with Crippen LogP contribution in [0.2, 0.25) is 0 Å². The quantitative estimate of drug-likeness (QED) is 0.826. The molecule has 3 fully saturated rings. The molecule has 3 aliphatic rings. The summed E-state index contributed by atoms with van der Waals surface area (Å²) >= 11 is 0. The van der Waals surface area contributed by atoms with Crippen LogP contribution < -0.4 is 5.32 Å². The van der Waals surface area contributed by atoms with Gasteiger partial charge in [-0.05, 0) is 69.8 Å². The summed E-state index contributed by atoms with van der Waals surface area (Å²) in [4.78, 5) is 2.69. The van der Waals surface area contributed by atoms with E-state index in [1.807, 2.05) is 0 Å². The number of likely N-dealkylation sites (tertiary alicyclic amines) is 1. The van der Waals surface area contributed by atoms with Gasteiger partial charge in [0.25, 0.3) is 0 Å². The molecule has 3 nitrogen and oxygen atoms in total. The fourth-order valence-corrected chi connectivity index (χ4v) is 5.59. The average molecular weight is 357 g/mol. The SMILES string of the molecule is CC(C)OC1CCC(N[C@@H]2CC[C@H]3CN(Cc4ccccc4)C[C@@H]32)CC1. The second-order valence-electron chi connectivity index (χ2n) is 9.11. The maximum absolute atomic E-state index is 6.01. The molecule has 0 spiro atoms. The highest BCUT2D eigenvalue weighted by Crippen LogP contribution is 2.39. The summed E-state index contributed by atoms with van der Waals surface area (Å²) in [5.41, 5.74) is 1.46. The van der Waals surface area contributed by atoms with Crippen molar-refractivity contribution in [1.29, 1.82) is 0 Å². The van der Waals surface area contributed by atoms with Crippen molar-refractivity contribution in [2.24, 2.45) is 11.8 Å². The van der Waals surface area contributed by atoms with Crippen molar-refractivity contribution in [3.63, 3.8) is 0 Å². The average Bonchev–Trinajstić information content (AvgIpc) is 3.18. The van der Waals surface area contributed by atoms with E-state index in [0.717, 1.165) is 24.4 Å². The van der Waals surface area contributed by atoms with Crippen molar-refractivity contribution < 1.29 is 4.74 Å². The minimum Gasteiger partial charge on any atom is -0.376 e. The van der Waals surface area contributed by atoms with Crippen LogP contribution in [0.4, 0.5) is 0 Å². The summed E-state index contributed by atoms with van der Waals surface area (Å²) in [6.07, 6.45) is 8.72. The molecule has 0 bridgehead atoms. The van der Waals surface area contributed by atoms with Gasteiger partial charge in [-0.25, -0.2) is 0 Å². The monoisotopic (exact) mass is 356 g/mol. The number of nitrogens with zero attached hydrogens (tertiary/aromatic N) is 1. The third-order valence-electron chi connectivity index (χ3n) is 6.77. The van der Waals surface area contributed by atoms with Gasteiger partial charge in [0, 0.05) is 31.7 Å². The number of nitrogens with one attached hydrogen (secondary N) is 1. The maximum Gasteiger partial charge on any atom is 0.0579 e. The Bertz CT molecular complexity index is 553. The number of fused-ring (bicyclic) bond motifs is 1. The van der Waals surface area contributed by atoms with Gasteiger partial charge in [-0.3, -0.25) is 4.90 Å². The summed E-state index contributed by atoms with van der Waals surface area (Å²) in [6.45, 7) is 8.02. The molecule has 2 aliphatic carbocycles. The Balaban J connectivity index is 1.25. The van der Waals surface area contributed by atoms with E-state index in [2.05, 4.69) is 54.4 Å². The molecule has 26 heavy (non-hydrogen) atoms. The lowest BCUT2D eigenvalue weighted by Gasteiger charge is -2.33. The predicted molar refractivity (Wildman–Crippen MR) is 107 cm³/mol. The molecule has 0 aromatic heterocycles. The normalized spacial score (nSPS) is 35.1. The zero-order chi connectivity index (χ0) is 17.9. The molecule has 1 aromatic rings. The van der Waals surface area contributed by atoms with Crippen molar-refractivity contribution in [2.45, 2.75) is 83.2 Å². The number of ether oxygens (including phenoxy) is 1. The van der Waals surface area contributed by atoms with Crippen molar-refractivity contribution in [3.05, 3.63) is 35.9 Å². The number of hydrogen-bond acceptors (Lipinski definition) is 3. The van der Waals surface area contributed by atoms with Gasteiger partial charge in [0.2, 0.25) is 0 Å². The Morgan fingerprint density at radius 1 is 1.00 bits per heavy atom. The summed E-state index contributed by atoms with van der Waals surface area (Å²) < 4.78 is 6.01. The first-order chi connectivity index (χ1) is 12.7. The number of rotatable bonds is 6. The van der Waals surface area contributed by atoms with Crippen molar-refractivity contribution in [1.82, 2.24) is 10.2 Å². The minimum absolute atomic E-state index is 0.370. The summed E-state index contributed by atoms with van der Waals surface area (Å²) in [5.74, 6) is 1.78. The molecule has 0 unspecified atom stereocenters. The van der Waals surface area contributed by atoms with Gasteiger partial charge in [-0.1, -0.05) is 30.3 Å². The predicted octanol–water partition coefficient (Wildman–Crippen LogP) is 4.22. The Morgan fingerprint density at radius 2 is 1.77 bits per heavy atom. The topological polar surface area (TPSA) is 24.5 Å². The molecule has 1 aliphatic heterocycles. The smallest absolute Gasteiger partial charge is 0.0579 e. The molecule has 3 atom stereocenters. The highest BCUT2D eigenvalue weighted by molar-refractivity contribution is 5.15. The third-order valence-corrected chi connectivity index (χ3v) is 6.77. The van der Waals surface area contributed by atoms with Crippen molar-refractivity contribution in [2.75, 3.05) is 13.1 Å². The third kappa shape index (κ3) is 4.49. The van der Waals surface area contributed by atoms with Crippen LogP contribution in [0.3, 0.4) is 0 Å². The zero-order valence-corrected chi connectivity index (χ0v) is 16.6. The highest BCUT2D eigenvalue weighted by Gasteiger charge is 2.43. The van der Waals surface area contributed by atoms with Gasteiger partial charge in [0.15, 0.2) is 0 Å². The lowest BCUT2D eigenvalue weighted by atomic mass is 9.90. The highest BCUT2D eigenvalue weighted by atomic mass is 16.5. The number of hydrogen-bond donors (Lipinski definition) is 1. The fraction of sp³-hybridized carbons (Fsp3) is 0.739. The molecule has 3 heteroatoms. The standard InChI is InChI=1S/C23H36N2O/c1-17(2)26-21-11-9-20(10-12-21)24-23-13-8-19-15-25(16-22(19)23)14-18-6-4-3-5-7-18/h3-7,17,19-24H,8-16H2,1-2H3/t19-,20?,21?,22-,23+/m0/s1. The van der Waals surface area contributed by atoms with Crippen LogP contribution in [-0.4, -0.2) is 42.3 Å². The van der Waals surface area contributed by atoms with Crippen LogP contribution >= 0.6 is 0 Å². The molecule has 0 amide bonds. The molecule has 2 saturated carbocycles. The largest absolute Gasteiger partial charge is 0.376 e. The van der Waals surface area contributed by atoms with Gasteiger partial charge in [-0.15, -0.1) is 0 Å². The van der Waals surface area contributed by atoms with E-state index < -0.39 is 0 Å². The first-order valence-corrected chi connectivity index (χ1v) is 10.8. The maximum atomic E-state index is 6.01. The lowest BCUT2D eigenvalue weighted by Crippen LogP contribution is -2.44. The first-order valence-electron chi connectivity index (χ1n) is 10.8. The van der Waals surface area contributed by atoms with Crippen LogP contribution in [0, 0.1) is 11.8 Å². The van der Waals surface area contributed by atoms with Crippen molar-refractivity contribution >= 4 is 0 Å². The van der Waals surface area contributed by atoms with Gasteiger partial charge in [0.05, 0.1) is 12.2 Å². The van der Waals surface area contributed by atoms with Gasteiger partial charge in [0.1, 0.15) is 0 Å². The molecular formula is C23H36N2O. The Morgan fingerprint density at radius 3 is 2.50 bits per heavy atom. The molecule has 4 rings (SSSR count). The lowest BCUT2D eigenvalue weighted by molar-refractivity contribution is -0.0170. The van der Waals surface area contributed by atoms with Crippen LogP contribution in [0.5, 0.6) is 0 Å². The summed E-state index contributed by atoms with van der Waals surface area (Å²) in [7, 11) is 0. The van der Waals surface area contributed by atoms with Gasteiger partial charge in [-0.2, -0.15) is 0 Å². The Kier molecular flexibility index (Phi) is 5.97. The second-order valence-corrected chi connectivity index (χ2v) is 9.11. The van der Waals surface area contributed by atoms with Crippen LogP contribution in [0.15, 0.2) is 30.3 Å². The summed E-state index contributed by atoms with van der Waals surface area (Å²) in [5, 5.41) is 4.07. The van der Waals surface area contributed by atoms with Crippen molar-refractivity contribution in [3.8, 4) is 0 Å². The Hall–Kier alpha value is -0.900. The minimum atomic E-state index is 0.370. The van der Waals surface area contributed by atoms with E-state index in [1.54, 1.807) is 0 Å². The van der Waals surface area contributed by atoms with Gasteiger partial charge >= 0.3 is 0 Å². The summed E-state index contributed by atoms with van der Waals surface area (Å²) in [6, 6.07) is 12.4. The second kappa shape index (κ2) is 8.41. The van der Waals surface area contributed by atoms with Crippen LogP contribution in [-0.2, 0) is 11.3 Å². The van der Waals surface area contributed by atoms with Crippen LogP contribution in [0.1, 0.15) is 57.9 Å². The molecule has 1 N–H and O–H groups in total. The Labute approximate surface area is 159 Å². The van der Waals surface area contributed by atoms with E-state index in [1.165, 1.54) is 57.2 Å². The van der Waals surface area contributed by atoms with Gasteiger partial charge < -0.3 is 10.1 Å². The van der Waals surface area contributed by atoms with E-state index >= 15 is 0 Å². The molecule has 1 heterocycles. The first kappa shape index (κ1) is 18.5.